The van der Waals surface area contributed by atoms with Gasteiger partial charge < -0.3 is 21.9 Å². The van der Waals surface area contributed by atoms with E-state index in [1.165, 1.54) is 18.4 Å². The summed E-state index contributed by atoms with van der Waals surface area (Å²) in [6.45, 7) is 0. The highest BCUT2D eigenvalue weighted by molar-refractivity contribution is 7.22. The first-order valence-corrected chi connectivity index (χ1v) is 5.32. The molecular formula is C10H11N3O2S. The minimum atomic E-state index is -0.555. The van der Waals surface area contributed by atoms with Crippen LogP contribution in [0.3, 0.4) is 0 Å². The molecule has 1 amide bonds. The average molecular weight is 237 g/mol. The number of carbonyl (C=O) groups excluding carboxylic acids is 1. The van der Waals surface area contributed by atoms with Gasteiger partial charge in [-0.15, -0.1) is 11.3 Å². The van der Waals surface area contributed by atoms with Gasteiger partial charge in [-0.05, 0) is 12.1 Å². The minimum absolute atomic E-state index is 0.311. The van der Waals surface area contributed by atoms with Crippen LogP contribution in [0.4, 0.5) is 11.4 Å². The number of primary amides is 1. The zero-order valence-electron chi connectivity index (χ0n) is 8.61. The van der Waals surface area contributed by atoms with Crippen LogP contribution in [-0.2, 0) is 0 Å². The second kappa shape index (κ2) is 3.57. The van der Waals surface area contributed by atoms with Crippen LogP contribution >= 0.6 is 11.3 Å². The molecule has 0 radical (unpaired) electrons. The largest absolute Gasteiger partial charge is 0.496 e. The highest BCUT2D eigenvalue weighted by Crippen LogP contribution is 2.42. The maximum atomic E-state index is 11.2. The van der Waals surface area contributed by atoms with Crippen LogP contribution in [0, 0.1) is 0 Å². The molecule has 5 nitrogen and oxygen atoms in total. The van der Waals surface area contributed by atoms with Crippen LogP contribution in [0.1, 0.15) is 9.67 Å². The molecule has 0 saturated heterocycles. The van der Waals surface area contributed by atoms with Crippen molar-refractivity contribution < 1.29 is 9.53 Å². The van der Waals surface area contributed by atoms with Crippen LogP contribution in [0.5, 0.6) is 5.75 Å². The Balaban J connectivity index is 2.89. The highest BCUT2D eigenvalue weighted by atomic mass is 32.1. The monoisotopic (exact) mass is 237 g/mol. The van der Waals surface area contributed by atoms with E-state index >= 15 is 0 Å². The summed E-state index contributed by atoms with van der Waals surface area (Å²) < 4.78 is 5.90. The van der Waals surface area contributed by atoms with E-state index in [4.69, 9.17) is 21.9 Å². The smallest absolute Gasteiger partial charge is 0.260 e. The van der Waals surface area contributed by atoms with Gasteiger partial charge in [-0.2, -0.15) is 0 Å². The maximum Gasteiger partial charge on any atom is 0.260 e. The predicted molar refractivity (Wildman–Crippen MR) is 65.7 cm³/mol. The lowest BCUT2D eigenvalue weighted by atomic mass is 10.2. The summed E-state index contributed by atoms with van der Waals surface area (Å²) in [5.74, 6) is 0.0330. The van der Waals surface area contributed by atoms with Gasteiger partial charge in [0, 0.05) is 5.69 Å². The van der Waals surface area contributed by atoms with E-state index in [0.717, 1.165) is 4.70 Å². The van der Waals surface area contributed by atoms with Crippen molar-refractivity contribution in [3.05, 3.63) is 17.0 Å². The lowest BCUT2D eigenvalue weighted by Gasteiger charge is -2.04. The zero-order chi connectivity index (χ0) is 11.9. The Kier molecular flexibility index (Phi) is 2.35. The number of anilines is 2. The molecule has 6 heteroatoms. The molecule has 0 fully saturated rings. The molecule has 2 rings (SSSR count). The molecule has 16 heavy (non-hydrogen) atoms. The Labute approximate surface area is 95.8 Å². The second-order valence-electron chi connectivity index (χ2n) is 3.27. The first-order valence-electron chi connectivity index (χ1n) is 4.50. The third-order valence-electron chi connectivity index (χ3n) is 2.31. The van der Waals surface area contributed by atoms with E-state index in [2.05, 4.69) is 0 Å². The predicted octanol–water partition coefficient (Wildman–Crippen LogP) is 1.17. The van der Waals surface area contributed by atoms with Crippen LogP contribution in [0.2, 0.25) is 0 Å². The van der Waals surface area contributed by atoms with Gasteiger partial charge in [0.25, 0.3) is 5.91 Å². The van der Waals surface area contributed by atoms with E-state index in [1.54, 1.807) is 12.1 Å². The summed E-state index contributed by atoms with van der Waals surface area (Å²) >= 11 is 1.18. The molecule has 2 aromatic rings. The fourth-order valence-corrected chi connectivity index (χ4v) is 2.58. The lowest BCUT2D eigenvalue weighted by molar-refractivity contribution is 0.100. The molecule has 84 valence electrons. The van der Waals surface area contributed by atoms with Gasteiger partial charge in [0.1, 0.15) is 10.6 Å². The number of hydrogen-bond acceptors (Lipinski definition) is 5. The molecule has 0 unspecified atom stereocenters. The molecule has 1 aromatic carbocycles. The Morgan fingerprint density at radius 3 is 2.62 bits per heavy atom. The molecule has 0 spiro atoms. The first kappa shape index (κ1) is 10.6. The normalized spacial score (nSPS) is 10.6. The summed E-state index contributed by atoms with van der Waals surface area (Å²) in [7, 11) is 1.53. The summed E-state index contributed by atoms with van der Waals surface area (Å²) in [5, 5.41) is 0.654. The van der Waals surface area contributed by atoms with E-state index in [9.17, 15) is 4.79 Å². The lowest BCUT2D eigenvalue weighted by Crippen LogP contribution is -2.10. The summed E-state index contributed by atoms with van der Waals surface area (Å²) in [6, 6.07) is 3.42. The van der Waals surface area contributed by atoms with Gasteiger partial charge >= 0.3 is 0 Å². The van der Waals surface area contributed by atoms with Gasteiger partial charge in [0.15, 0.2) is 0 Å². The fraction of sp³-hybridized carbons (Fsp3) is 0.100. The Morgan fingerprint density at radius 1 is 1.38 bits per heavy atom. The zero-order valence-corrected chi connectivity index (χ0v) is 9.43. The van der Waals surface area contributed by atoms with Gasteiger partial charge in [0.05, 0.1) is 22.9 Å². The molecule has 1 aromatic heterocycles. The van der Waals surface area contributed by atoms with Crippen molar-refractivity contribution in [2.45, 2.75) is 0 Å². The van der Waals surface area contributed by atoms with Crippen molar-refractivity contribution >= 4 is 38.7 Å². The summed E-state index contributed by atoms with van der Waals surface area (Å²) in [4.78, 5) is 11.5. The number of amides is 1. The van der Waals surface area contributed by atoms with E-state index < -0.39 is 5.91 Å². The third-order valence-corrected chi connectivity index (χ3v) is 3.58. The number of nitrogen functional groups attached to an aromatic ring is 2. The Bertz CT molecular complexity index is 577. The molecule has 0 aliphatic heterocycles. The van der Waals surface area contributed by atoms with Crippen molar-refractivity contribution in [3.63, 3.8) is 0 Å². The number of hydrogen-bond donors (Lipinski definition) is 3. The molecule has 0 aliphatic carbocycles. The van der Waals surface area contributed by atoms with E-state index in [0.29, 0.717) is 27.4 Å². The van der Waals surface area contributed by atoms with Gasteiger partial charge in [-0.3, -0.25) is 4.79 Å². The van der Waals surface area contributed by atoms with E-state index in [1.807, 2.05) is 0 Å². The van der Waals surface area contributed by atoms with Crippen LogP contribution in [0.15, 0.2) is 12.1 Å². The Hall–Kier alpha value is -1.95. The second-order valence-corrected chi connectivity index (χ2v) is 4.29. The van der Waals surface area contributed by atoms with Crippen LogP contribution < -0.4 is 21.9 Å². The van der Waals surface area contributed by atoms with Crippen LogP contribution in [-0.4, -0.2) is 13.0 Å². The van der Waals surface area contributed by atoms with Gasteiger partial charge in [-0.25, -0.2) is 0 Å². The van der Waals surface area contributed by atoms with Crippen molar-refractivity contribution in [1.29, 1.82) is 0 Å². The number of thiophene rings is 1. The minimum Gasteiger partial charge on any atom is -0.496 e. The van der Waals surface area contributed by atoms with Crippen molar-refractivity contribution in [1.82, 2.24) is 0 Å². The highest BCUT2D eigenvalue weighted by Gasteiger charge is 2.18. The number of fused-ring (bicyclic) bond motifs is 1. The number of ether oxygens (including phenoxy) is 1. The van der Waals surface area contributed by atoms with E-state index in [-0.39, 0.29) is 0 Å². The topological polar surface area (TPSA) is 104 Å². The molecule has 6 N–H and O–H groups in total. The van der Waals surface area contributed by atoms with Crippen LogP contribution in [0.25, 0.3) is 10.1 Å². The molecule has 0 saturated carbocycles. The van der Waals surface area contributed by atoms with Crippen molar-refractivity contribution in [2.24, 2.45) is 5.73 Å². The third kappa shape index (κ3) is 1.35. The van der Waals surface area contributed by atoms with Crippen molar-refractivity contribution in [2.75, 3.05) is 18.6 Å². The SMILES string of the molecule is COc1ccc(N)c2sc(C(N)=O)c(N)c12. The molecule has 0 bridgehead atoms. The quantitative estimate of drug-likeness (QED) is 0.682. The molecule has 0 atom stereocenters. The maximum absolute atomic E-state index is 11.2. The average Bonchev–Trinajstić information content (AvgIpc) is 2.59. The number of nitrogens with two attached hydrogens (primary N) is 3. The first-order chi connectivity index (χ1) is 7.56. The molecular weight excluding hydrogens is 226 g/mol. The fourth-order valence-electron chi connectivity index (χ4n) is 1.57. The molecule has 1 heterocycles. The number of methoxy groups -OCH3 is 1. The number of benzene rings is 1. The molecule has 0 aliphatic rings. The standard InChI is InChI=1S/C10H11N3O2S/c1-15-5-3-2-4(11)8-6(5)7(12)9(16-8)10(13)14/h2-3H,11-12H2,1H3,(H2,13,14). The van der Waals surface area contributed by atoms with Gasteiger partial charge in [0.2, 0.25) is 0 Å². The number of rotatable bonds is 2. The Morgan fingerprint density at radius 2 is 2.06 bits per heavy atom. The summed E-state index contributed by atoms with van der Waals surface area (Å²) in [5.41, 5.74) is 17.8. The number of carbonyl (C=O) groups is 1. The van der Waals surface area contributed by atoms with Crippen molar-refractivity contribution in [3.8, 4) is 5.75 Å². The summed E-state index contributed by atoms with van der Waals surface area (Å²) in [6.07, 6.45) is 0. The van der Waals surface area contributed by atoms with Gasteiger partial charge in [-0.1, -0.05) is 0 Å².